The van der Waals surface area contributed by atoms with Gasteiger partial charge in [-0.05, 0) is 31.5 Å². The van der Waals surface area contributed by atoms with Crippen molar-refractivity contribution in [3.05, 3.63) is 29.0 Å². The van der Waals surface area contributed by atoms with E-state index in [-0.39, 0.29) is 6.10 Å². The largest absolute Gasteiger partial charge is 0.377 e. The smallest absolute Gasteiger partial charge is 0.297 e. The number of fused-ring (bicyclic) bond motifs is 1. The summed E-state index contributed by atoms with van der Waals surface area (Å²) in [6, 6.07) is 5.01. The van der Waals surface area contributed by atoms with E-state index < -0.39 is 12.2 Å². The first-order valence-corrected chi connectivity index (χ1v) is 7.54. The van der Waals surface area contributed by atoms with Crippen LogP contribution in [0.25, 0.3) is 10.9 Å². The molecule has 2 aromatic rings. The van der Waals surface area contributed by atoms with Crippen LogP contribution in [0.3, 0.4) is 0 Å². The van der Waals surface area contributed by atoms with Crippen molar-refractivity contribution in [2.75, 3.05) is 24.6 Å². The Bertz CT molecular complexity index is 683. The molecule has 2 heterocycles. The van der Waals surface area contributed by atoms with Crippen LogP contribution < -0.4 is 4.90 Å². The standard InChI is InChI=1S/C15H16ClF2N3O/c1-9-8-21(5-2-6-22-9)15-11-7-10(16)3-4-12(11)19-14(20-15)13(17)18/h3-4,7,9,13H,2,5-6,8H2,1H3/t9-/m0/s1. The highest BCUT2D eigenvalue weighted by Gasteiger charge is 2.22. The molecule has 4 nitrogen and oxygen atoms in total. The highest BCUT2D eigenvalue weighted by Crippen LogP contribution is 2.30. The second-order valence-corrected chi connectivity index (χ2v) is 5.78. The minimum Gasteiger partial charge on any atom is -0.377 e. The molecule has 0 saturated carbocycles. The van der Waals surface area contributed by atoms with Gasteiger partial charge in [0, 0.05) is 30.1 Å². The number of benzene rings is 1. The zero-order chi connectivity index (χ0) is 15.7. The molecule has 0 amide bonds. The zero-order valence-corrected chi connectivity index (χ0v) is 12.9. The lowest BCUT2D eigenvalue weighted by Crippen LogP contribution is -2.31. The van der Waals surface area contributed by atoms with Crippen LogP contribution in [0.2, 0.25) is 5.02 Å². The van der Waals surface area contributed by atoms with Gasteiger partial charge in [-0.15, -0.1) is 0 Å². The van der Waals surface area contributed by atoms with Crippen molar-refractivity contribution < 1.29 is 13.5 Å². The van der Waals surface area contributed by atoms with E-state index in [1.807, 2.05) is 11.8 Å². The number of ether oxygens (including phenoxy) is 1. The fraction of sp³-hybridized carbons (Fsp3) is 0.467. The van der Waals surface area contributed by atoms with E-state index in [2.05, 4.69) is 9.97 Å². The van der Waals surface area contributed by atoms with E-state index >= 15 is 0 Å². The molecule has 1 aromatic heterocycles. The summed E-state index contributed by atoms with van der Waals surface area (Å²) < 4.78 is 31.8. The second kappa shape index (κ2) is 6.30. The lowest BCUT2D eigenvalue weighted by molar-refractivity contribution is 0.0820. The summed E-state index contributed by atoms with van der Waals surface area (Å²) in [6.45, 7) is 3.92. The normalized spacial score (nSPS) is 19.7. The van der Waals surface area contributed by atoms with Crippen molar-refractivity contribution in [1.82, 2.24) is 9.97 Å². The third kappa shape index (κ3) is 3.13. The molecular weight excluding hydrogens is 312 g/mol. The van der Waals surface area contributed by atoms with Crippen molar-refractivity contribution >= 4 is 28.3 Å². The molecule has 1 aliphatic rings. The van der Waals surface area contributed by atoms with Crippen molar-refractivity contribution in [2.24, 2.45) is 0 Å². The summed E-state index contributed by atoms with van der Waals surface area (Å²) in [7, 11) is 0. The third-order valence-corrected chi connectivity index (χ3v) is 3.84. The van der Waals surface area contributed by atoms with Crippen molar-refractivity contribution in [2.45, 2.75) is 25.9 Å². The maximum atomic E-state index is 13.1. The van der Waals surface area contributed by atoms with Crippen LogP contribution in [0.15, 0.2) is 18.2 Å². The summed E-state index contributed by atoms with van der Waals surface area (Å²) in [6.07, 6.45) is -1.87. The molecule has 0 spiro atoms. The van der Waals surface area contributed by atoms with Gasteiger partial charge in [0.1, 0.15) is 5.82 Å². The molecule has 0 N–H and O–H groups in total. The molecule has 22 heavy (non-hydrogen) atoms. The highest BCUT2D eigenvalue weighted by atomic mass is 35.5. The molecule has 1 fully saturated rings. The summed E-state index contributed by atoms with van der Waals surface area (Å²) in [5.41, 5.74) is 0.475. The number of anilines is 1. The van der Waals surface area contributed by atoms with Gasteiger partial charge in [-0.1, -0.05) is 11.6 Å². The first-order chi connectivity index (χ1) is 10.5. The predicted molar refractivity (Wildman–Crippen MR) is 81.7 cm³/mol. The van der Waals surface area contributed by atoms with Crippen LogP contribution in [0.1, 0.15) is 25.6 Å². The summed E-state index contributed by atoms with van der Waals surface area (Å²) in [5, 5.41) is 1.22. The molecule has 7 heteroatoms. The van der Waals surface area contributed by atoms with E-state index in [0.717, 1.165) is 6.42 Å². The lowest BCUT2D eigenvalue weighted by atomic mass is 10.2. The van der Waals surface area contributed by atoms with Crippen molar-refractivity contribution in [1.29, 1.82) is 0 Å². The monoisotopic (exact) mass is 327 g/mol. The lowest BCUT2D eigenvalue weighted by Gasteiger charge is -2.25. The Morgan fingerprint density at radius 3 is 2.95 bits per heavy atom. The average molecular weight is 328 g/mol. The van der Waals surface area contributed by atoms with E-state index in [1.165, 1.54) is 0 Å². The molecule has 1 aliphatic heterocycles. The summed E-state index contributed by atoms with van der Waals surface area (Å²) >= 11 is 6.05. The zero-order valence-electron chi connectivity index (χ0n) is 12.1. The van der Waals surface area contributed by atoms with Crippen LogP contribution in [0.5, 0.6) is 0 Å². The Labute approximate surface area is 132 Å². The average Bonchev–Trinajstić information content (AvgIpc) is 2.70. The van der Waals surface area contributed by atoms with Crippen LogP contribution >= 0.6 is 11.6 Å². The number of aromatic nitrogens is 2. The molecule has 1 atom stereocenters. The van der Waals surface area contributed by atoms with Gasteiger partial charge in [0.2, 0.25) is 0 Å². The molecule has 118 valence electrons. The number of hydrogen-bond donors (Lipinski definition) is 0. The minimum atomic E-state index is -2.71. The van der Waals surface area contributed by atoms with Gasteiger partial charge in [-0.3, -0.25) is 0 Å². The van der Waals surface area contributed by atoms with Crippen LogP contribution in [-0.4, -0.2) is 35.8 Å². The minimum absolute atomic E-state index is 0.0155. The quantitative estimate of drug-likeness (QED) is 0.840. The van der Waals surface area contributed by atoms with Crippen LogP contribution in [-0.2, 0) is 4.74 Å². The third-order valence-electron chi connectivity index (χ3n) is 3.60. The molecule has 0 radical (unpaired) electrons. The van der Waals surface area contributed by atoms with Gasteiger partial charge < -0.3 is 9.64 Å². The Morgan fingerprint density at radius 2 is 2.18 bits per heavy atom. The Hall–Kier alpha value is -1.53. The summed E-state index contributed by atoms with van der Waals surface area (Å²) in [5.74, 6) is 0.0443. The van der Waals surface area contributed by atoms with E-state index in [0.29, 0.717) is 41.4 Å². The molecule has 1 aromatic carbocycles. The Balaban J connectivity index is 2.14. The van der Waals surface area contributed by atoms with Gasteiger partial charge in [-0.25, -0.2) is 18.7 Å². The van der Waals surface area contributed by atoms with Crippen LogP contribution in [0, 0.1) is 0 Å². The molecule has 1 saturated heterocycles. The fourth-order valence-electron chi connectivity index (χ4n) is 2.63. The van der Waals surface area contributed by atoms with E-state index in [9.17, 15) is 8.78 Å². The number of hydrogen-bond acceptors (Lipinski definition) is 4. The van der Waals surface area contributed by atoms with Gasteiger partial charge >= 0.3 is 0 Å². The maximum Gasteiger partial charge on any atom is 0.297 e. The van der Waals surface area contributed by atoms with E-state index in [4.69, 9.17) is 16.3 Å². The van der Waals surface area contributed by atoms with Crippen molar-refractivity contribution in [3.63, 3.8) is 0 Å². The number of alkyl halides is 2. The van der Waals surface area contributed by atoms with Crippen LogP contribution in [0.4, 0.5) is 14.6 Å². The summed E-state index contributed by atoms with van der Waals surface area (Å²) in [4.78, 5) is 10.0. The molecular formula is C15H16ClF2N3O. The fourth-order valence-corrected chi connectivity index (χ4v) is 2.80. The molecule has 0 bridgehead atoms. The van der Waals surface area contributed by atoms with Crippen molar-refractivity contribution in [3.8, 4) is 0 Å². The SMILES string of the molecule is C[C@H]1CN(c2nc(C(F)F)nc3ccc(Cl)cc23)CCCO1. The highest BCUT2D eigenvalue weighted by molar-refractivity contribution is 6.31. The maximum absolute atomic E-state index is 13.1. The number of nitrogens with zero attached hydrogens (tertiary/aromatic N) is 3. The topological polar surface area (TPSA) is 38.2 Å². The number of rotatable bonds is 2. The Kier molecular flexibility index (Phi) is 4.40. The molecule has 0 aliphatic carbocycles. The van der Waals surface area contributed by atoms with Gasteiger partial charge in [0.25, 0.3) is 6.43 Å². The second-order valence-electron chi connectivity index (χ2n) is 5.35. The molecule has 0 unspecified atom stereocenters. The Morgan fingerprint density at radius 1 is 1.36 bits per heavy atom. The molecule has 3 rings (SSSR count). The van der Waals surface area contributed by atoms with Gasteiger partial charge in [-0.2, -0.15) is 0 Å². The van der Waals surface area contributed by atoms with Gasteiger partial charge in [0.05, 0.1) is 11.6 Å². The predicted octanol–water partition coefficient (Wildman–Crippen LogP) is 3.84. The first kappa shape index (κ1) is 15.4. The first-order valence-electron chi connectivity index (χ1n) is 7.16. The number of halogens is 3. The van der Waals surface area contributed by atoms with E-state index in [1.54, 1.807) is 18.2 Å². The van der Waals surface area contributed by atoms with Gasteiger partial charge in [0.15, 0.2) is 5.82 Å².